The SMILES string of the molecule is CN=C(NCc1c(C)nn(C)c1C)NCC1(C)COC1.I. The predicted octanol–water partition coefficient (Wildman–Crippen LogP) is 1.36. The van der Waals surface area contributed by atoms with Crippen LogP contribution in [-0.4, -0.2) is 42.5 Å². The molecule has 1 aliphatic rings. The van der Waals surface area contributed by atoms with Crippen LogP contribution in [0.5, 0.6) is 0 Å². The van der Waals surface area contributed by atoms with Crippen molar-refractivity contribution in [3.8, 4) is 0 Å². The first-order valence-electron chi connectivity index (χ1n) is 6.96. The van der Waals surface area contributed by atoms with Gasteiger partial charge in [0.05, 0.1) is 18.9 Å². The second-order valence-corrected chi connectivity index (χ2v) is 5.86. The van der Waals surface area contributed by atoms with Gasteiger partial charge in [-0.15, -0.1) is 24.0 Å². The molecule has 0 unspecified atom stereocenters. The van der Waals surface area contributed by atoms with Crippen molar-refractivity contribution in [3.63, 3.8) is 0 Å². The molecule has 7 heteroatoms. The summed E-state index contributed by atoms with van der Waals surface area (Å²) >= 11 is 0. The molecule has 1 aliphatic heterocycles. The average molecular weight is 407 g/mol. The standard InChI is InChI=1S/C14H25N5O.HI/c1-10-12(11(2)19(5)18-10)6-16-13(15-4)17-7-14(3)8-20-9-14;/h6-9H2,1-5H3,(H2,15,16,17);1H. The lowest BCUT2D eigenvalue weighted by Gasteiger charge is -2.38. The molecule has 0 bridgehead atoms. The molecule has 0 atom stereocenters. The molecule has 0 saturated carbocycles. The second kappa shape index (κ2) is 7.44. The zero-order valence-electron chi connectivity index (χ0n) is 13.5. The van der Waals surface area contributed by atoms with Crippen LogP contribution < -0.4 is 10.6 Å². The van der Waals surface area contributed by atoms with Gasteiger partial charge in [0.15, 0.2) is 5.96 Å². The van der Waals surface area contributed by atoms with Crippen LogP contribution in [0.1, 0.15) is 23.9 Å². The minimum Gasteiger partial charge on any atom is -0.380 e. The van der Waals surface area contributed by atoms with Gasteiger partial charge in [0, 0.05) is 43.9 Å². The van der Waals surface area contributed by atoms with Crippen molar-refractivity contribution >= 4 is 29.9 Å². The highest BCUT2D eigenvalue weighted by molar-refractivity contribution is 14.0. The normalized spacial score (nSPS) is 16.9. The number of aromatic nitrogens is 2. The van der Waals surface area contributed by atoms with E-state index >= 15 is 0 Å². The molecule has 0 amide bonds. The van der Waals surface area contributed by atoms with E-state index in [2.05, 4.69) is 34.6 Å². The third-order valence-electron chi connectivity index (χ3n) is 3.90. The summed E-state index contributed by atoms with van der Waals surface area (Å²) in [7, 11) is 3.76. The Morgan fingerprint density at radius 3 is 2.48 bits per heavy atom. The lowest BCUT2D eigenvalue weighted by atomic mass is 9.89. The highest BCUT2D eigenvalue weighted by Crippen LogP contribution is 2.24. The number of ether oxygens (including phenoxy) is 1. The molecule has 0 aliphatic carbocycles. The van der Waals surface area contributed by atoms with Gasteiger partial charge in [0.2, 0.25) is 0 Å². The maximum atomic E-state index is 5.26. The first-order valence-corrected chi connectivity index (χ1v) is 6.96. The van der Waals surface area contributed by atoms with Crippen LogP contribution in [0.15, 0.2) is 4.99 Å². The minimum atomic E-state index is 0. The molecule has 1 aromatic heterocycles. The van der Waals surface area contributed by atoms with Gasteiger partial charge in [-0.05, 0) is 13.8 Å². The molecule has 1 aromatic rings. The van der Waals surface area contributed by atoms with Crippen molar-refractivity contribution in [3.05, 3.63) is 17.0 Å². The van der Waals surface area contributed by atoms with Crippen LogP contribution in [-0.2, 0) is 18.3 Å². The van der Waals surface area contributed by atoms with Gasteiger partial charge >= 0.3 is 0 Å². The van der Waals surface area contributed by atoms with E-state index in [4.69, 9.17) is 4.74 Å². The fourth-order valence-electron chi connectivity index (χ4n) is 2.32. The lowest BCUT2D eigenvalue weighted by Crippen LogP contribution is -2.50. The van der Waals surface area contributed by atoms with Crippen LogP contribution in [0, 0.1) is 19.3 Å². The Kier molecular flexibility index (Phi) is 6.45. The van der Waals surface area contributed by atoms with Crippen molar-refractivity contribution in [2.75, 3.05) is 26.8 Å². The van der Waals surface area contributed by atoms with Crippen LogP contribution in [0.25, 0.3) is 0 Å². The Balaban J connectivity index is 0.00000220. The first-order chi connectivity index (χ1) is 9.45. The van der Waals surface area contributed by atoms with Gasteiger partial charge in [-0.3, -0.25) is 9.67 Å². The number of halogens is 1. The number of hydrogen-bond donors (Lipinski definition) is 2. The smallest absolute Gasteiger partial charge is 0.191 e. The van der Waals surface area contributed by atoms with Gasteiger partial charge in [0.1, 0.15) is 0 Å². The highest BCUT2D eigenvalue weighted by Gasteiger charge is 2.33. The van der Waals surface area contributed by atoms with Gasteiger partial charge in [-0.2, -0.15) is 5.10 Å². The van der Waals surface area contributed by atoms with Crippen molar-refractivity contribution in [1.82, 2.24) is 20.4 Å². The molecule has 21 heavy (non-hydrogen) atoms. The zero-order valence-corrected chi connectivity index (χ0v) is 15.8. The summed E-state index contributed by atoms with van der Waals surface area (Å²) in [5.74, 6) is 0.820. The maximum Gasteiger partial charge on any atom is 0.191 e. The van der Waals surface area contributed by atoms with E-state index in [9.17, 15) is 0 Å². The van der Waals surface area contributed by atoms with Crippen molar-refractivity contribution in [2.45, 2.75) is 27.3 Å². The predicted molar refractivity (Wildman–Crippen MR) is 95.2 cm³/mol. The minimum absolute atomic E-state index is 0. The Morgan fingerprint density at radius 1 is 1.38 bits per heavy atom. The summed E-state index contributed by atoms with van der Waals surface area (Å²) in [5.41, 5.74) is 3.71. The molecule has 2 N–H and O–H groups in total. The molecule has 0 spiro atoms. The summed E-state index contributed by atoms with van der Waals surface area (Å²) < 4.78 is 7.17. The van der Waals surface area contributed by atoms with Crippen LogP contribution in [0.3, 0.4) is 0 Å². The van der Waals surface area contributed by atoms with Crippen molar-refractivity contribution < 1.29 is 4.74 Å². The van der Waals surface area contributed by atoms with E-state index in [1.807, 2.05) is 18.7 Å². The quantitative estimate of drug-likeness (QED) is 0.450. The molecule has 0 radical (unpaired) electrons. The number of rotatable bonds is 4. The van der Waals surface area contributed by atoms with E-state index in [0.717, 1.165) is 38.0 Å². The molecular weight excluding hydrogens is 381 g/mol. The highest BCUT2D eigenvalue weighted by atomic mass is 127. The topological polar surface area (TPSA) is 63.5 Å². The largest absolute Gasteiger partial charge is 0.380 e. The molecule has 6 nitrogen and oxygen atoms in total. The van der Waals surface area contributed by atoms with E-state index < -0.39 is 0 Å². The number of guanidine groups is 1. The molecule has 2 rings (SSSR count). The molecule has 120 valence electrons. The van der Waals surface area contributed by atoms with Crippen molar-refractivity contribution in [1.29, 1.82) is 0 Å². The molecular formula is C14H26IN5O. The second-order valence-electron chi connectivity index (χ2n) is 5.86. The van der Waals surface area contributed by atoms with Gasteiger partial charge in [-0.1, -0.05) is 6.92 Å². The van der Waals surface area contributed by atoms with E-state index in [-0.39, 0.29) is 29.4 Å². The molecule has 0 aromatic carbocycles. The fraction of sp³-hybridized carbons (Fsp3) is 0.714. The summed E-state index contributed by atoms with van der Waals surface area (Å²) in [5, 5.41) is 11.1. The Hall–Kier alpha value is -0.830. The summed E-state index contributed by atoms with van der Waals surface area (Å²) in [6.07, 6.45) is 0. The van der Waals surface area contributed by atoms with Gasteiger partial charge in [0.25, 0.3) is 0 Å². The number of nitrogens with zero attached hydrogens (tertiary/aromatic N) is 3. The van der Waals surface area contributed by atoms with Gasteiger partial charge in [-0.25, -0.2) is 0 Å². The van der Waals surface area contributed by atoms with Crippen LogP contribution in [0.4, 0.5) is 0 Å². The van der Waals surface area contributed by atoms with Crippen LogP contribution >= 0.6 is 24.0 Å². The molecule has 1 fully saturated rings. The maximum absolute atomic E-state index is 5.26. The fourth-order valence-corrected chi connectivity index (χ4v) is 2.32. The Labute approximate surface area is 143 Å². The van der Waals surface area contributed by atoms with E-state index in [1.54, 1.807) is 7.05 Å². The zero-order chi connectivity index (χ0) is 14.8. The van der Waals surface area contributed by atoms with Crippen molar-refractivity contribution in [2.24, 2.45) is 17.5 Å². The van der Waals surface area contributed by atoms with Gasteiger partial charge < -0.3 is 15.4 Å². The van der Waals surface area contributed by atoms with E-state index in [0.29, 0.717) is 0 Å². The summed E-state index contributed by atoms with van der Waals surface area (Å²) in [6, 6.07) is 0. The first kappa shape index (κ1) is 18.2. The number of aryl methyl sites for hydroxylation is 2. The van der Waals surface area contributed by atoms with Crippen LogP contribution in [0.2, 0.25) is 0 Å². The van der Waals surface area contributed by atoms with E-state index in [1.165, 1.54) is 11.3 Å². The monoisotopic (exact) mass is 407 g/mol. The molecule has 2 heterocycles. The number of aliphatic imine (C=N–C) groups is 1. The molecule has 1 saturated heterocycles. The lowest BCUT2D eigenvalue weighted by molar-refractivity contribution is -0.0971. The Bertz CT molecular complexity index is 508. The third kappa shape index (κ3) is 4.32. The third-order valence-corrected chi connectivity index (χ3v) is 3.90. The number of nitrogens with one attached hydrogen (secondary N) is 2. The average Bonchev–Trinajstić information content (AvgIpc) is 2.62. The summed E-state index contributed by atoms with van der Waals surface area (Å²) in [4.78, 5) is 4.26. The number of hydrogen-bond acceptors (Lipinski definition) is 3. The Morgan fingerprint density at radius 2 is 2.05 bits per heavy atom. The summed E-state index contributed by atoms with van der Waals surface area (Å²) in [6.45, 7) is 9.57.